The smallest absolute Gasteiger partial charge is 0.315 e. The van der Waals surface area contributed by atoms with Gasteiger partial charge in [0.1, 0.15) is 5.75 Å². The Balaban J connectivity index is 0.000000253. The molecule has 2 aromatic rings. The van der Waals surface area contributed by atoms with Gasteiger partial charge in [-0.05, 0) is 29.8 Å². The topological polar surface area (TPSA) is 99.4 Å². The van der Waals surface area contributed by atoms with E-state index in [-0.39, 0.29) is 5.56 Å². The first-order valence-corrected chi connectivity index (χ1v) is 6.66. The SMILES string of the molecule is COc1ccc(C(=O)C(=O)NO)cc1.N#CCc1ccccc1. The molecule has 0 saturated heterocycles. The van der Waals surface area contributed by atoms with Crippen molar-refractivity contribution in [1.82, 2.24) is 5.48 Å². The van der Waals surface area contributed by atoms with E-state index in [0.29, 0.717) is 12.2 Å². The van der Waals surface area contributed by atoms with Crippen LogP contribution in [0.1, 0.15) is 15.9 Å². The van der Waals surface area contributed by atoms with Crippen LogP contribution in [-0.2, 0) is 11.2 Å². The van der Waals surface area contributed by atoms with Crippen molar-refractivity contribution in [2.45, 2.75) is 6.42 Å². The lowest BCUT2D eigenvalue weighted by atomic mass is 10.1. The summed E-state index contributed by atoms with van der Waals surface area (Å²) in [4.78, 5) is 21.9. The Morgan fingerprint density at radius 1 is 1.13 bits per heavy atom. The number of rotatable bonds is 4. The van der Waals surface area contributed by atoms with Crippen LogP contribution in [0.25, 0.3) is 0 Å². The van der Waals surface area contributed by atoms with Crippen molar-refractivity contribution in [3.05, 3.63) is 65.7 Å². The minimum Gasteiger partial charge on any atom is -0.497 e. The number of ketones is 1. The number of Topliss-reactive ketones (excluding diaryl/α,β-unsaturated/α-hetero) is 1. The number of hydroxylamine groups is 1. The van der Waals surface area contributed by atoms with Crippen LogP contribution in [0.2, 0.25) is 0 Å². The molecule has 2 aromatic carbocycles. The van der Waals surface area contributed by atoms with Crippen molar-refractivity contribution in [3.8, 4) is 11.8 Å². The van der Waals surface area contributed by atoms with E-state index in [1.165, 1.54) is 24.7 Å². The molecule has 6 nitrogen and oxygen atoms in total. The maximum absolute atomic E-state index is 11.2. The van der Waals surface area contributed by atoms with Gasteiger partial charge in [0.15, 0.2) is 0 Å². The van der Waals surface area contributed by atoms with Crippen molar-refractivity contribution < 1.29 is 19.5 Å². The first-order valence-electron chi connectivity index (χ1n) is 6.66. The van der Waals surface area contributed by atoms with Crippen molar-refractivity contribution in [2.75, 3.05) is 7.11 Å². The van der Waals surface area contributed by atoms with Crippen LogP contribution in [0.15, 0.2) is 54.6 Å². The maximum Gasteiger partial charge on any atom is 0.315 e. The molecule has 0 aliphatic rings. The highest BCUT2D eigenvalue weighted by Crippen LogP contribution is 2.11. The fourth-order valence-electron chi connectivity index (χ4n) is 1.61. The summed E-state index contributed by atoms with van der Waals surface area (Å²) in [5.74, 6) is -1.27. The molecule has 1 amide bonds. The van der Waals surface area contributed by atoms with Gasteiger partial charge >= 0.3 is 5.91 Å². The number of nitrogens with zero attached hydrogens (tertiary/aromatic N) is 1. The number of carbonyl (C=O) groups excluding carboxylic acids is 2. The lowest BCUT2D eigenvalue weighted by molar-refractivity contribution is -0.124. The highest BCUT2D eigenvalue weighted by Gasteiger charge is 2.14. The summed E-state index contributed by atoms with van der Waals surface area (Å²) >= 11 is 0. The molecule has 0 spiro atoms. The maximum atomic E-state index is 11.2. The highest BCUT2D eigenvalue weighted by molar-refractivity contribution is 6.42. The van der Waals surface area contributed by atoms with Gasteiger partial charge < -0.3 is 4.74 Å². The minimum atomic E-state index is -1.06. The molecule has 0 heterocycles. The molecule has 0 saturated carbocycles. The average Bonchev–Trinajstić information content (AvgIpc) is 2.62. The van der Waals surface area contributed by atoms with Crippen molar-refractivity contribution >= 4 is 11.7 Å². The Kier molecular flexibility index (Phi) is 7.55. The zero-order valence-corrected chi connectivity index (χ0v) is 12.5. The number of nitriles is 1. The van der Waals surface area contributed by atoms with Crippen LogP contribution in [-0.4, -0.2) is 24.0 Å². The summed E-state index contributed by atoms with van der Waals surface area (Å²) in [6, 6.07) is 17.8. The van der Waals surface area contributed by atoms with Gasteiger partial charge in [0, 0.05) is 5.56 Å². The summed E-state index contributed by atoms with van der Waals surface area (Å²) in [5.41, 5.74) is 2.55. The molecule has 2 N–H and O–H groups in total. The molecule has 0 unspecified atom stereocenters. The van der Waals surface area contributed by atoms with E-state index >= 15 is 0 Å². The molecule has 118 valence electrons. The molecule has 2 rings (SSSR count). The predicted octanol–water partition coefficient (Wildman–Crippen LogP) is 2.14. The summed E-state index contributed by atoms with van der Waals surface area (Å²) in [7, 11) is 1.50. The third kappa shape index (κ3) is 5.99. The molecular formula is C17H16N2O4. The van der Waals surface area contributed by atoms with Crippen LogP contribution in [0.5, 0.6) is 5.75 Å². The summed E-state index contributed by atoms with van der Waals surface area (Å²) < 4.78 is 4.87. The van der Waals surface area contributed by atoms with Gasteiger partial charge in [0.2, 0.25) is 0 Å². The van der Waals surface area contributed by atoms with Crippen molar-refractivity contribution in [1.29, 1.82) is 5.26 Å². The second-order valence-corrected chi connectivity index (χ2v) is 4.32. The third-order valence-corrected chi connectivity index (χ3v) is 2.79. The number of methoxy groups -OCH3 is 1. The Hall–Kier alpha value is -3.17. The van der Waals surface area contributed by atoms with Gasteiger partial charge in [-0.2, -0.15) is 5.26 Å². The second kappa shape index (κ2) is 9.71. The summed E-state index contributed by atoms with van der Waals surface area (Å²) in [5, 5.41) is 16.5. The normalized spacial score (nSPS) is 8.91. The lowest BCUT2D eigenvalue weighted by Gasteiger charge is -2.01. The highest BCUT2D eigenvalue weighted by atomic mass is 16.5. The van der Waals surface area contributed by atoms with Gasteiger partial charge in [0.05, 0.1) is 19.6 Å². The number of hydrogen-bond acceptors (Lipinski definition) is 5. The Bertz CT molecular complexity index is 676. The molecule has 0 atom stereocenters. The van der Waals surface area contributed by atoms with Gasteiger partial charge in [-0.15, -0.1) is 0 Å². The number of nitrogens with one attached hydrogen (secondary N) is 1. The Morgan fingerprint density at radius 2 is 1.74 bits per heavy atom. The van der Waals surface area contributed by atoms with Crippen LogP contribution in [0.3, 0.4) is 0 Å². The predicted molar refractivity (Wildman–Crippen MR) is 83.0 cm³/mol. The second-order valence-electron chi connectivity index (χ2n) is 4.32. The molecular weight excluding hydrogens is 296 g/mol. The molecule has 0 aromatic heterocycles. The van der Waals surface area contributed by atoms with E-state index in [0.717, 1.165) is 5.56 Å². The molecule has 6 heteroatoms. The fraction of sp³-hybridized carbons (Fsp3) is 0.118. The van der Waals surface area contributed by atoms with E-state index in [1.54, 1.807) is 12.1 Å². The monoisotopic (exact) mass is 312 g/mol. The lowest BCUT2D eigenvalue weighted by Crippen LogP contribution is -2.27. The number of benzene rings is 2. The molecule has 0 aliphatic carbocycles. The van der Waals surface area contributed by atoms with Crippen molar-refractivity contribution in [3.63, 3.8) is 0 Å². The fourth-order valence-corrected chi connectivity index (χ4v) is 1.61. The minimum absolute atomic E-state index is 0.192. The van der Waals surface area contributed by atoms with E-state index in [4.69, 9.17) is 15.2 Å². The largest absolute Gasteiger partial charge is 0.497 e. The molecule has 23 heavy (non-hydrogen) atoms. The zero-order chi connectivity index (χ0) is 17.1. The van der Waals surface area contributed by atoms with Crippen LogP contribution >= 0.6 is 0 Å². The zero-order valence-electron chi connectivity index (χ0n) is 12.5. The molecule has 0 bridgehead atoms. The Morgan fingerprint density at radius 3 is 2.22 bits per heavy atom. The number of carbonyl (C=O) groups is 2. The first kappa shape index (κ1) is 17.9. The number of hydrogen-bond donors (Lipinski definition) is 2. The summed E-state index contributed by atoms with van der Waals surface area (Å²) in [6.45, 7) is 0. The van der Waals surface area contributed by atoms with E-state index in [9.17, 15) is 9.59 Å². The van der Waals surface area contributed by atoms with Gasteiger partial charge in [-0.3, -0.25) is 14.8 Å². The molecule has 0 aliphatic heterocycles. The van der Waals surface area contributed by atoms with Gasteiger partial charge in [0.25, 0.3) is 5.78 Å². The standard InChI is InChI=1S/C9H9NO4.C8H7N/c1-14-7-4-2-6(3-5-7)8(11)9(12)10-13;9-7-6-8-4-2-1-3-5-8/h2-5,13H,1H3,(H,10,12);1-5H,6H2. The number of amides is 1. The summed E-state index contributed by atoms with van der Waals surface area (Å²) in [6.07, 6.45) is 0.515. The van der Waals surface area contributed by atoms with Crippen LogP contribution in [0, 0.1) is 11.3 Å². The van der Waals surface area contributed by atoms with E-state index < -0.39 is 11.7 Å². The quantitative estimate of drug-likeness (QED) is 0.390. The van der Waals surface area contributed by atoms with Gasteiger partial charge in [-0.25, -0.2) is 5.48 Å². The van der Waals surface area contributed by atoms with Crippen LogP contribution < -0.4 is 10.2 Å². The Labute approximate surface area is 133 Å². The van der Waals surface area contributed by atoms with Crippen molar-refractivity contribution in [2.24, 2.45) is 0 Å². The number of ether oxygens (including phenoxy) is 1. The molecule has 0 fully saturated rings. The average molecular weight is 312 g/mol. The van der Waals surface area contributed by atoms with Gasteiger partial charge in [-0.1, -0.05) is 30.3 Å². The molecule has 0 radical (unpaired) electrons. The first-order chi connectivity index (χ1) is 11.1. The van der Waals surface area contributed by atoms with E-state index in [1.807, 2.05) is 30.3 Å². The third-order valence-electron chi connectivity index (χ3n) is 2.79. The van der Waals surface area contributed by atoms with Crippen LogP contribution in [0.4, 0.5) is 0 Å². The van der Waals surface area contributed by atoms with E-state index in [2.05, 4.69) is 6.07 Å².